The lowest BCUT2D eigenvalue weighted by Gasteiger charge is -2.21. The summed E-state index contributed by atoms with van der Waals surface area (Å²) in [6.45, 7) is 0.333. The number of rotatable bonds is 3. The van der Waals surface area contributed by atoms with E-state index in [0.29, 0.717) is 19.4 Å². The van der Waals surface area contributed by atoms with E-state index in [1.807, 2.05) is 0 Å². The van der Waals surface area contributed by atoms with E-state index in [1.54, 1.807) is 0 Å². The third-order valence-electron chi connectivity index (χ3n) is 4.04. The molecule has 1 aromatic carbocycles. The Hall–Kier alpha value is -2.84. The van der Waals surface area contributed by atoms with E-state index < -0.39 is 29.8 Å². The molecule has 3 rings (SSSR count). The Morgan fingerprint density at radius 2 is 2.00 bits per heavy atom. The maximum atomic E-state index is 12.7. The van der Waals surface area contributed by atoms with Gasteiger partial charge >= 0.3 is 12.1 Å². The summed E-state index contributed by atoms with van der Waals surface area (Å²) in [7, 11) is 0. The molecule has 2 aromatic rings. The minimum absolute atomic E-state index is 0.203. The molecule has 1 fully saturated rings. The highest BCUT2D eigenvalue weighted by atomic mass is 19.4. The number of halogens is 3. The molecule has 0 spiro atoms. The number of carbonyl (C=O) groups is 2. The van der Waals surface area contributed by atoms with Crippen LogP contribution in [0.4, 0.5) is 13.2 Å². The normalized spacial score (nSPS) is 17.7. The maximum absolute atomic E-state index is 12.7. The lowest BCUT2D eigenvalue weighted by atomic mass is 10.1. The number of carbonyl (C=O) groups excluding carboxylic acids is 1. The molecule has 1 unspecified atom stereocenters. The number of nitrogens with zero attached hydrogens (tertiary/aromatic N) is 3. The van der Waals surface area contributed by atoms with Crippen molar-refractivity contribution in [3.63, 3.8) is 0 Å². The number of alkyl halides is 3. The number of carboxylic acid groups (broad SMARTS) is 1. The molecule has 0 bridgehead atoms. The number of hydrogen-bond acceptors (Lipinski definition) is 3. The van der Waals surface area contributed by atoms with Crippen LogP contribution in [0.2, 0.25) is 0 Å². The Kier molecular flexibility index (Phi) is 4.23. The van der Waals surface area contributed by atoms with Crippen LogP contribution < -0.4 is 0 Å². The predicted octanol–water partition coefficient (Wildman–Crippen LogP) is 2.58. The van der Waals surface area contributed by atoms with E-state index in [-0.39, 0.29) is 11.3 Å². The van der Waals surface area contributed by atoms with Crippen LogP contribution in [0.1, 0.15) is 28.9 Å². The fourth-order valence-electron chi connectivity index (χ4n) is 2.83. The van der Waals surface area contributed by atoms with Gasteiger partial charge in [0.05, 0.1) is 5.69 Å². The molecule has 132 valence electrons. The Bertz CT molecular complexity index is 816. The highest BCUT2D eigenvalue weighted by Crippen LogP contribution is 2.28. The van der Waals surface area contributed by atoms with Gasteiger partial charge < -0.3 is 10.0 Å². The predicted molar refractivity (Wildman–Crippen MR) is 80.3 cm³/mol. The van der Waals surface area contributed by atoms with E-state index >= 15 is 0 Å². The number of benzene rings is 1. The van der Waals surface area contributed by atoms with Gasteiger partial charge in [0.15, 0.2) is 5.69 Å². The van der Waals surface area contributed by atoms with Crippen molar-refractivity contribution < 1.29 is 27.9 Å². The molecule has 0 saturated carbocycles. The number of carboxylic acids is 1. The van der Waals surface area contributed by atoms with Gasteiger partial charge in [0.2, 0.25) is 0 Å². The molecule has 1 atom stereocenters. The van der Waals surface area contributed by atoms with E-state index in [1.165, 1.54) is 29.2 Å². The Morgan fingerprint density at radius 1 is 1.24 bits per heavy atom. The van der Waals surface area contributed by atoms with Crippen molar-refractivity contribution in [2.75, 3.05) is 6.54 Å². The van der Waals surface area contributed by atoms with Crippen molar-refractivity contribution in [3.8, 4) is 5.69 Å². The standard InChI is InChI=1S/C16H14F3N3O3/c17-16(18,19)13-6-8-22(20-13)11-4-1-3-10(9-11)14(23)21-7-2-5-12(21)15(24)25/h1,3-4,6,8-9,12H,2,5,7H2,(H,24,25). The molecular weight excluding hydrogens is 339 g/mol. The summed E-state index contributed by atoms with van der Waals surface area (Å²) >= 11 is 0. The van der Waals surface area contributed by atoms with Gasteiger partial charge in [0.1, 0.15) is 6.04 Å². The summed E-state index contributed by atoms with van der Waals surface area (Å²) in [5.41, 5.74) is -0.545. The second-order valence-corrected chi connectivity index (χ2v) is 5.69. The second-order valence-electron chi connectivity index (χ2n) is 5.69. The van der Waals surface area contributed by atoms with Crippen LogP contribution in [0.3, 0.4) is 0 Å². The smallest absolute Gasteiger partial charge is 0.435 e. The van der Waals surface area contributed by atoms with Crippen LogP contribution >= 0.6 is 0 Å². The molecule has 1 aliphatic rings. The van der Waals surface area contributed by atoms with Crippen LogP contribution in [0.15, 0.2) is 36.5 Å². The zero-order chi connectivity index (χ0) is 18.2. The highest BCUT2D eigenvalue weighted by Gasteiger charge is 2.35. The molecule has 0 radical (unpaired) electrons. The number of aliphatic carboxylic acids is 1. The van der Waals surface area contributed by atoms with Gasteiger partial charge in [0.25, 0.3) is 5.91 Å². The average molecular weight is 353 g/mol. The van der Waals surface area contributed by atoms with Gasteiger partial charge in [-0.05, 0) is 37.1 Å². The fraction of sp³-hybridized carbons (Fsp3) is 0.312. The molecule has 1 N–H and O–H groups in total. The molecule has 9 heteroatoms. The molecule has 1 amide bonds. The first-order chi connectivity index (χ1) is 11.8. The number of hydrogen-bond donors (Lipinski definition) is 1. The zero-order valence-corrected chi connectivity index (χ0v) is 12.9. The van der Waals surface area contributed by atoms with Gasteiger partial charge in [-0.1, -0.05) is 6.07 Å². The first-order valence-electron chi connectivity index (χ1n) is 7.54. The van der Waals surface area contributed by atoms with Gasteiger partial charge in [-0.15, -0.1) is 0 Å². The molecule has 1 aromatic heterocycles. The van der Waals surface area contributed by atoms with Crippen LogP contribution in [-0.2, 0) is 11.0 Å². The van der Waals surface area contributed by atoms with Crippen LogP contribution in [0.5, 0.6) is 0 Å². The fourth-order valence-corrected chi connectivity index (χ4v) is 2.83. The molecular formula is C16H14F3N3O3. The van der Waals surface area contributed by atoms with E-state index in [0.717, 1.165) is 16.9 Å². The maximum Gasteiger partial charge on any atom is 0.435 e. The Labute approximate surface area is 140 Å². The quantitative estimate of drug-likeness (QED) is 0.920. The van der Waals surface area contributed by atoms with Crippen LogP contribution in [0, 0.1) is 0 Å². The summed E-state index contributed by atoms with van der Waals surface area (Å²) in [5, 5.41) is 12.6. The van der Waals surface area contributed by atoms with Gasteiger partial charge in [0, 0.05) is 18.3 Å². The second kappa shape index (κ2) is 6.23. The molecule has 1 aliphatic heterocycles. The summed E-state index contributed by atoms with van der Waals surface area (Å²) < 4.78 is 39.0. The molecule has 1 saturated heterocycles. The van der Waals surface area contributed by atoms with Crippen molar-refractivity contribution in [1.29, 1.82) is 0 Å². The number of likely N-dealkylation sites (tertiary alicyclic amines) is 1. The topological polar surface area (TPSA) is 75.4 Å². The molecule has 2 heterocycles. The minimum atomic E-state index is -4.55. The van der Waals surface area contributed by atoms with Crippen LogP contribution in [0.25, 0.3) is 5.69 Å². The third-order valence-corrected chi connectivity index (χ3v) is 4.04. The van der Waals surface area contributed by atoms with Crippen molar-refractivity contribution >= 4 is 11.9 Å². The Morgan fingerprint density at radius 3 is 2.64 bits per heavy atom. The van der Waals surface area contributed by atoms with Crippen molar-refractivity contribution in [2.24, 2.45) is 0 Å². The minimum Gasteiger partial charge on any atom is -0.480 e. The molecule has 6 nitrogen and oxygen atoms in total. The van der Waals surface area contributed by atoms with Crippen molar-refractivity contribution in [2.45, 2.75) is 25.1 Å². The van der Waals surface area contributed by atoms with Gasteiger partial charge in [-0.25, -0.2) is 9.48 Å². The number of aromatic nitrogens is 2. The summed E-state index contributed by atoms with van der Waals surface area (Å²) in [6.07, 6.45) is -2.42. The van der Waals surface area contributed by atoms with E-state index in [4.69, 9.17) is 0 Å². The third kappa shape index (κ3) is 3.35. The highest BCUT2D eigenvalue weighted by molar-refractivity contribution is 5.97. The lowest BCUT2D eigenvalue weighted by molar-refractivity contribution is -0.142. The average Bonchev–Trinajstić information content (AvgIpc) is 3.23. The van der Waals surface area contributed by atoms with Gasteiger partial charge in [-0.2, -0.15) is 18.3 Å². The Balaban J connectivity index is 1.88. The monoisotopic (exact) mass is 353 g/mol. The van der Waals surface area contributed by atoms with Crippen LogP contribution in [-0.4, -0.2) is 44.3 Å². The summed E-state index contributed by atoms with van der Waals surface area (Å²) in [5.74, 6) is -1.53. The summed E-state index contributed by atoms with van der Waals surface area (Å²) in [6, 6.07) is 5.89. The van der Waals surface area contributed by atoms with Gasteiger partial charge in [-0.3, -0.25) is 4.79 Å². The zero-order valence-electron chi connectivity index (χ0n) is 12.9. The van der Waals surface area contributed by atoms with Crippen molar-refractivity contribution in [3.05, 3.63) is 47.8 Å². The largest absolute Gasteiger partial charge is 0.480 e. The summed E-state index contributed by atoms with van der Waals surface area (Å²) in [4.78, 5) is 25.1. The molecule has 25 heavy (non-hydrogen) atoms. The van der Waals surface area contributed by atoms with E-state index in [9.17, 15) is 27.9 Å². The number of amides is 1. The lowest BCUT2D eigenvalue weighted by Crippen LogP contribution is -2.40. The van der Waals surface area contributed by atoms with E-state index in [2.05, 4.69) is 5.10 Å². The first kappa shape index (κ1) is 17.0. The SMILES string of the molecule is O=C(O)C1CCCN1C(=O)c1cccc(-n2ccc(C(F)(F)F)n2)c1. The first-order valence-corrected chi connectivity index (χ1v) is 7.54. The van der Waals surface area contributed by atoms with Crippen molar-refractivity contribution in [1.82, 2.24) is 14.7 Å². The molecule has 0 aliphatic carbocycles.